The van der Waals surface area contributed by atoms with Crippen LogP contribution in [0.1, 0.15) is 16.1 Å². The summed E-state index contributed by atoms with van der Waals surface area (Å²) in [5.74, 6) is 0.393. The smallest absolute Gasteiger partial charge is 0.269 e. The van der Waals surface area contributed by atoms with Gasteiger partial charge in [-0.3, -0.25) is 4.79 Å². The summed E-state index contributed by atoms with van der Waals surface area (Å²) in [6, 6.07) is 10.7. The largest absolute Gasteiger partial charge is 0.354 e. The number of thioether (sulfide) groups is 1. The molecule has 0 atom stereocenters. The molecular formula is C15H12ClN3OS. The van der Waals surface area contributed by atoms with Gasteiger partial charge in [0.25, 0.3) is 5.91 Å². The summed E-state index contributed by atoms with van der Waals surface area (Å²) < 4.78 is 0. The zero-order valence-corrected chi connectivity index (χ0v) is 12.8. The molecule has 1 heterocycles. The van der Waals surface area contributed by atoms with Gasteiger partial charge in [-0.2, -0.15) is 0 Å². The first-order valence-corrected chi connectivity index (χ1v) is 7.48. The summed E-state index contributed by atoms with van der Waals surface area (Å²) >= 11 is 7.27. The van der Waals surface area contributed by atoms with Gasteiger partial charge in [0.1, 0.15) is 10.7 Å². The third-order valence-corrected chi connectivity index (χ3v) is 4.01. The molecule has 1 amide bonds. The van der Waals surface area contributed by atoms with Crippen LogP contribution >= 0.6 is 23.4 Å². The molecule has 0 aliphatic heterocycles. The van der Waals surface area contributed by atoms with Crippen molar-refractivity contribution in [2.45, 2.75) is 10.8 Å². The Kier molecular flexibility index (Phi) is 5.20. The third kappa shape index (κ3) is 3.97. The predicted molar refractivity (Wildman–Crippen MR) is 84.9 cm³/mol. The fourth-order valence-corrected chi connectivity index (χ4v) is 2.66. The SMILES string of the molecule is [C-]#[N+]c1ccc(C(=O)NC)nc1SCc1ccc(Cl)cc1. The number of carbonyl (C=O) groups excluding carboxylic acids is 1. The third-order valence-electron chi connectivity index (χ3n) is 2.71. The maximum atomic E-state index is 11.6. The van der Waals surface area contributed by atoms with Crippen molar-refractivity contribution in [3.05, 3.63) is 64.1 Å². The van der Waals surface area contributed by atoms with Gasteiger partial charge in [-0.1, -0.05) is 29.8 Å². The van der Waals surface area contributed by atoms with Crippen LogP contribution in [0.5, 0.6) is 0 Å². The van der Waals surface area contributed by atoms with Gasteiger partial charge in [0.15, 0.2) is 0 Å². The molecule has 1 aromatic carbocycles. The molecule has 6 heteroatoms. The Bertz CT molecular complexity index is 695. The molecule has 2 rings (SSSR count). The standard InChI is InChI=1S/C15H12ClN3OS/c1-17-13-8-7-12(14(20)18-2)19-15(13)21-9-10-3-5-11(16)6-4-10/h3-8H,9H2,2H3,(H,18,20). The van der Waals surface area contributed by atoms with Crippen LogP contribution in [0, 0.1) is 6.57 Å². The topological polar surface area (TPSA) is 46.4 Å². The molecule has 0 aliphatic rings. The second kappa shape index (κ2) is 7.11. The van der Waals surface area contributed by atoms with E-state index in [9.17, 15) is 4.79 Å². The molecule has 1 N–H and O–H groups in total. The van der Waals surface area contributed by atoms with Crippen LogP contribution in [0.25, 0.3) is 4.85 Å². The van der Waals surface area contributed by atoms with Crippen LogP contribution in [-0.4, -0.2) is 17.9 Å². The van der Waals surface area contributed by atoms with E-state index in [4.69, 9.17) is 18.2 Å². The maximum Gasteiger partial charge on any atom is 0.269 e. The predicted octanol–water partition coefficient (Wildman–Crippen LogP) is 3.94. The minimum atomic E-state index is -0.264. The highest BCUT2D eigenvalue weighted by Crippen LogP contribution is 2.30. The number of carbonyl (C=O) groups is 1. The number of pyridine rings is 1. The number of aromatic nitrogens is 1. The minimum Gasteiger partial charge on any atom is -0.354 e. The van der Waals surface area contributed by atoms with E-state index in [-0.39, 0.29) is 5.91 Å². The summed E-state index contributed by atoms with van der Waals surface area (Å²) in [5, 5.41) is 3.77. The zero-order chi connectivity index (χ0) is 15.2. The van der Waals surface area contributed by atoms with Gasteiger partial charge in [0.2, 0.25) is 5.69 Å². The van der Waals surface area contributed by atoms with E-state index >= 15 is 0 Å². The first-order valence-electron chi connectivity index (χ1n) is 6.12. The van der Waals surface area contributed by atoms with Crippen molar-refractivity contribution in [3.8, 4) is 0 Å². The van der Waals surface area contributed by atoms with Crippen molar-refractivity contribution in [1.29, 1.82) is 0 Å². The lowest BCUT2D eigenvalue weighted by Gasteiger charge is -2.06. The van der Waals surface area contributed by atoms with Crippen molar-refractivity contribution in [2.75, 3.05) is 7.05 Å². The Balaban J connectivity index is 2.19. The summed E-state index contributed by atoms with van der Waals surface area (Å²) in [6.07, 6.45) is 0. The second-order valence-corrected chi connectivity index (χ2v) is 5.53. The average Bonchev–Trinajstić information content (AvgIpc) is 2.53. The van der Waals surface area contributed by atoms with E-state index in [1.54, 1.807) is 19.2 Å². The lowest BCUT2D eigenvalue weighted by molar-refractivity contribution is 0.0957. The Morgan fingerprint density at radius 1 is 1.33 bits per heavy atom. The highest BCUT2D eigenvalue weighted by atomic mass is 35.5. The number of amides is 1. The molecule has 0 spiro atoms. The lowest BCUT2D eigenvalue weighted by Crippen LogP contribution is -2.19. The lowest BCUT2D eigenvalue weighted by atomic mass is 10.2. The van der Waals surface area contributed by atoms with Crippen molar-refractivity contribution in [2.24, 2.45) is 0 Å². The molecule has 1 aromatic heterocycles. The molecule has 2 aromatic rings. The number of benzene rings is 1. The highest BCUT2D eigenvalue weighted by Gasteiger charge is 2.11. The van der Waals surface area contributed by atoms with Crippen LogP contribution in [0.2, 0.25) is 5.02 Å². The van der Waals surface area contributed by atoms with Crippen LogP contribution in [0.3, 0.4) is 0 Å². The summed E-state index contributed by atoms with van der Waals surface area (Å²) in [5.41, 5.74) is 1.83. The fraction of sp³-hybridized carbons (Fsp3) is 0.133. The Hall–Kier alpha value is -2.03. The molecule has 0 unspecified atom stereocenters. The molecule has 0 fully saturated rings. The number of nitrogens with zero attached hydrogens (tertiary/aromatic N) is 2. The fourth-order valence-electron chi connectivity index (χ4n) is 1.61. The number of hydrogen-bond acceptors (Lipinski definition) is 3. The quantitative estimate of drug-likeness (QED) is 0.686. The molecule has 0 aliphatic carbocycles. The molecule has 4 nitrogen and oxygen atoms in total. The van der Waals surface area contributed by atoms with Gasteiger partial charge in [-0.05, 0) is 23.8 Å². The molecule has 0 bridgehead atoms. The number of nitrogens with one attached hydrogen (secondary N) is 1. The first kappa shape index (κ1) is 15.4. The van der Waals surface area contributed by atoms with Crippen molar-refractivity contribution < 1.29 is 4.79 Å². The average molecular weight is 318 g/mol. The van der Waals surface area contributed by atoms with E-state index in [1.807, 2.05) is 24.3 Å². The van der Waals surface area contributed by atoms with Crippen LogP contribution in [0.15, 0.2) is 41.4 Å². The van der Waals surface area contributed by atoms with Gasteiger partial charge in [-0.15, -0.1) is 11.8 Å². The molecular weight excluding hydrogens is 306 g/mol. The Morgan fingerprint density at radius 3 is 2.67 bits per heavy atom. The van der Waals surface area contributed by atoms with E-state index < -0.39 is 0 Å². The second-order valence-electron chi connectivity index (χ2n) is 4.13. The van der Waals surface area contributed by atoms with Gasteiger partial charge in [-0.25, -0.2) is 9.83 Å². The summed E-state index contributed by atoms with van der Waals surface area (Å²) in [4.78, 5) is 19.3. The highest BCUT2D eigenvalue weighted by molar-refractivity contribution is 7.98. The van der Waals surface area contributed by atoms with E-state index in [1.165, 1.54) is 11.8 Å². The Morgan fingerprint density at radius 2 is 2.05 bits per heavy atom. The first-order chi connectivity index (χ1) is 10.1. The molecule has 0 saturated carbocycles. The van der Waals surface area contributed by atoms with Gasteiger partial charge < -0.3 is 5.32 Å². The normalized spacial score (nSPS) is 9.95. The van der Waals surface area contributed by atoms with Crippen LogP contribution in [-0.2, 0) is 5.75 Å². The molecule has 106 valence electrons. The minimum absolute atomic E-state index is 0.264. The monoisotopic (exact) mass is 317 g/mol. The number of rotatable bonds is 4. The summed E-state index contributed by atoms with van der Waals surface area (Å²) in [6.45, 7) is 7.17. The van der Waals surface area contributed by atoms with E-state index in [0.717, 1.165) is 5.56 Å². The molecule has 0 radical (unpaired) electrons. The van der Waals surface area contributed by atoms with E-state index in [0.29, 0.717) is 27.2 Å². The van der Waals surface area contributed by atoms with Crippen molar-refractivity contribution >= 4 is 35.0 Å². The number of halogens is 1. The van der Waals surface area contributed by atoms with Crippen molar-refractivity contribution in [1.82, 2.24) is 10.3 Å². The van der Waals surface area contributed by atoms with Crippen LogP contribution < -0.4 is 5.32 Å². The molecule has 21 heavy (non-hydrogen) atoms. The van der Waals surface area contributed by atoms with Gasteiger partial charge in [0, 0.05) is 17.8 Å². The van der Waals surface area contributed by atoms with Crippen LogP contribution in [0.4, 0.5) is 5.69 Å². The van der Waals surface area contributed by atoms with E-state index in [2.05, 4.69) is 15.1 Å². The Labute approximate surface area is 132 Å². The van der Waals surface area contributed by atoms with Crippen molar-refractivity contribution in [3.63, 3.8) is 0 Å². The maximum absolute atomic E-state index is 11.6. The molecule has 0 saturated heterocycles. The summed E-state index contributed by atoms with van der Waals surface area (Å²) in [7, 11) is 1.55. The number of hydrogen-bond donors (Lipinski definition) is 1. The zero-order valence-electron chi connectivity index (χ0n) is 11.3. The van der Waals surface area contributed by atoms with Gasteiger partial charge in [0.05, 0.1) is 6.57 Å². The van der Waals surface area contributed by atoms with Gasteiger partial charge >= 0.3 is 0 Å².